The molecule has 0 aromatic carbocycles. The normalized spacial score (nSPS) is 23.9. The number of hydrogen-bond donors (Lipinski definition) is 0. The van der Waals surface area contributed by atoms with Crippen LogP contribution in [0.2, 0.25) is 0 Å². The Morgan fingerprint density at radius 3 is 2.82 bits per heavy atom. The van der Waals surface area contributed by atoms with Crippen molar-refractivity contribution in [1.82, 2.24) is 0 Å². The molecular formula is C11H20. The van der Waals surface area contributed by atoms with Gasteiger partial charge in [-0.15, -0.1) is 0 Å². The first-order chi connectivity index (χ1) is 5.43. The van der Waals surface area contributed by atoms with Gasteiger partial charge in [-0.05, 0) is 25.2 Å². The smallest absolute Gasteiger partial charge is 0.0322 e. The monoisotopic (exact) mass is 152 g/mol. The van der Waals surface area contributed by atoms with Gasteiger partial charge in [0, 0.05) is 0 Å². The molecule has 0 nitrogen and oxygen atoms in total. The molecule has 0 heteroatoms. The van der Waals surface area contributed by atoms with Crippen molar-refractivity contribution in [3.05, 3.63) is 12.2 Å². The lowest BCUT2D eigenvalue weighted by molar-refractivity contribution is 0.424. The minimum Gasteiger partial charge on any atom is -0.0885 e. The third-order valence-electron chi connectivity index (χ3n) is 2.59. The second-order valence-electron chi connectivity index (χ2n) is 3.65. The Kier molecular flexibility index (Phi) is 4.33. The highest BCUT2D eigenvalue weighted by molar-refractivity contribution is 4.89. The maximum atomic E-state index is 2.36. The lowest BCUT2D eigenvalue weighted by Crippen LogP contribution is -2.01. The molecule has 0 radical (unpaired) electrons. The van der Waals surface area contributed by atoms with E-state index < -0.39 is 0 Å². The van der Waals surface area contributed by atoms with Crippen molar-refractivity contribution in [2.75, 3.05) is 0 Å². The molecule has 0 amide bonds. The molecule has 1 atom stereocenters. The van der Waals surface area contributed by atoms with Crippen LogP contribution in [-0.2, 0) is 0 Å². The third-order valence-corrected chi connectivity index (χ3v) is 2.59. The molecule has 11 heavy (non-hydrogen) atoms. The molecule has 0 aliphatic heterocycles. The first kappa shape index (κ1) is 8.83. The van der Waals surface area contributed by atoms with E-state index in [1.165, 1.54) is 44.9 Å². The number of rotatable bonds is 4. The standard InChI is InChI=1S/C11H20/c1-2-3-5-8-11-9-6-4-7-10-11/h4,6,11H,2-3,5,7-10H2,1H3/t11-/m1/s1. The summed E-state index contributed by atoms with van der Waals surface area (Å²) in [7, 11) is 0. The number of unbranched alkanes of at least 4 members (excludes halogenated alkanes) is 2. The SMILES string of the molecule is CCCCC[C@@H]1CC=CCC1. The molecular weight excluding hydrogens is 132 g/mol. The highest BCUT2D eigenvalue weighted by Crippen LogP contribution is 2.23. The van der Waals surface area contributed by atoms with Crippen LogP contribution in [-0.4, -0.2) is 0 Å². The van der Waals surface area contributed by atoms with Crippen molar-refractivity contribution in [3.8, 4) is 0 Å². The second kappa shape index (κ2) is 5.40. The van der Waals surface area contributed by atoms with Gasteiger partial charge in [-0.1, -0.05) is 44.8 Å². The van der Waals surface area contributed by atoms with Crippen LogP contribution in [0, 0.1) is 5.92 Å². The minimum absolute atomic E-state index is 1.02. The molecule has 0 N–H and O–H groups in total. The number of allylic oxidation sites excluding steroid dienone is 2. The van der Waals surface area contributed by atoms with Gasteiger partial charge < -0.3 is 0 Å². The van der Waals surface area contributed by atoms with E-state index >= 15 is 0 Å². The van der Waals surface area contributed by atoms with E-state index in [0.29, 0.717) is 0 Å². The maximum Gasteiger partial charge on any atom is -0.0322 e. The van der Waals surface area contributed by atoms with E-state index in [9.17, 15) is 0 Å². The van der Waals surface area contributed by atoms with Gasteiger partial charge in [0.1, 0.15) is 0 Å². The van der Waals surface area contributed by atoms with Crippen molar-refractivity contribution in [1.29, 1.82) is 0 Å². The largest absolute Gasteiger partial charge is 0.0885 e. The molecule has 0 spiro atoms. The van der Waals surface area contributed by atoms with Gasteiger partial charge >= 0.3 is 0 Å². The highest BCUT2D eigenvalue weighted by atomic mass is 14.1. The predicted octanol–water partition coefficient (Wildman–Crippen LogP) is 3.92. The Labute approximate surface area is 70.7 Å². The molecule has 1 aliphatic rings. The Balaban J connectivity index is 2.02. The van der Waals surface area contributed by atoms with E-state index in [1.54, 1.807) is 0 Å². The zero-order chi connectivity index (χ0) is 7.94. The summed E-state index contributed by atoms with van der Waals surface area (Å²) in [6.07, 6.45) is 14.5. The summed E-state index contributed by atoms with van der Waals surface area (Å²) < 4.78 is 0. The van der Waals surface area contributed by atoms with Crippen LogP contribution in [0.4, 0.5) is 0 Å². The van der Waals surface area contributed by atoms with Crippen LogP contribution >= 0.6 is 0 Å². The van der Waals surface area contributed by atoms with Gasteiger partial charge in [-0.2, -0.15) is 0 Å². The summed E-state index contributed by atoms with van der Waals surface area (Å²) in [6, 6.07) is 0. The lowest BCUT2D eigenvalue weighted by atomic mass is 9.90. The second-order valence-corrected chi connectivity index (χ2v) is 3.65. The van der Waals surface area contributed by atoms with Gasteiger partial charge in [-0.3, -0.25) is 0 Å². The van der Waals surface area contributed by atoms with Crippen molar-refractivity contribution in [2.24, 2.45) is 5.92 Å². The predicted molar refractivity (Wildman–Crippen MR) is 50.6 cm³/mol. The van der Waals surface area contributed by atoms with Gasteiger partial charge in [0.25, 0.3) is 0 Å². The van der Waals surface area contributed by atoms with Crippen LogP contribution in [0.1, 0.15) is 51.9 Å². The Bertz CT molecular complexity index is 113. The van der Waals surface area contributed by atoms with Crippen LogP contribution in [0.5, 0.6) is 0 Å². The molecule has 1 rings (SSSR count). The van der Waals surface area contributed by atoms with Crippen molar-refractivity contribution >= 4 is 0 Å². The molecule has 64 valence electrons. The van der Waals surface area contributed by atoms with Crippen molar-refractivity contribution < 1.29 is 0 Å². The summed E-state index contributed by atoms with van der Waals surface area (Å²) in [4.78, 5) is 0. The van der Waals surface area contributed by atoms with E-state index in [-0.39, 0.29) is 0 Å². The number of hydrogen-bond acceptors (Lipinski definition) is 0. The first-order valence-electron chi connectivity index (χ1n) is 5.08. The quantitative estimate of drug-likeness (QED) is 0.423. The molecule has 0 saturated carbocycles. The topological polar surface area (TPSA) is 0 Å². The van der Waals surface area contributed by atoms with Crippen LogP contribution in [0.15, 0.2) is 12.2 Å². The fraction of sp³-hybridized carbons (Fsp3) is 0.818. The lowest BCUT2D eigenvalue weighted by Gasteiger charge is -2.16. The summed E-state index contributed by atoms with van der Waals surface area (Å²) in [5.74, 6) is 1.02. The molecule has 0 aromatic heterocycles. The molecule has 1 aliphatic carbocycles. The zero-order valence-electron chi connectivity index (χ0n) is 7.68. The highest BCUT2D eigenvalue weighted by Gasteiger charge is 2.08. The molecule has 0 unspecified atom stereocenters. The first-order valence-corrected chi connectivity index (χ1v) is 5.08. The van der Waals surface area contributed by atoms with E-state index in [0.717, 1.165) is 5.92 Å². The summed E-state index contributed by atoms with van der Waals surface area (Å²) in [5, 5.41) is 0. The van der Waals surface area contributed by atoms with Gasteiger partial charge in [0.2, 0.25) is 0 Å². The fourth-order valence-corrected chi connectivity index (χ4v) is 1.80. The molecule has 0 bridgehead atoms. The van der Waals surface area contributed by atoms with Crippen LogP contribution in [0.3, 0.4) is 0 Å². The summed E-state index contributed by atoms with van der Waals surface area (Å²) in [6.45, 7) is 2.28. The molecule has 0 aromatic rings. The van der Waals surface area contributed by atoms with Gasteiger partial charge in [-0.25, -0.2) is 0 Å². The van der Waals surface area contributed by atoms with E-state index in [1.807, 2.05) is 0 Å². The minimum atomic E-state index is 1.02. The van der Waals surface area contributed by atoms with Crippen molar-refractivity contribution in [3.63, 3.8) is 0 Å². The fourth-order valence-electron chi connectivity index (χ4n) is 1.80. The van der Waals surface area contributed by atoms with Crippen LogP contribution in [0.25, 0.3) is 0 Å². The average molecular weight is 152 g/mol. The summed E-state index contributed by atoms with van der Waals surface area (Å²) in [5.41, 5.74) is 0. The van der Waals surface area contributed by atoms with Crippen LogP contribution < -0.4 is 0 Å². The zero-order valence-corrected chi connectivity index (χ0v) is 7.68. The average Bonchev–Trinajstić information content (AvgIpc) is 2.07. The Morgan fingerprint density at radius 1 is 1.27 bits per heavy atom. The maximum absolute atomic E-state index is 2.36. The van der Waals surface area contributed by atoms with Crippen molar-refractivity contribution in [2.45, 2.75) is 51.9 Å². The molecule has 0 heterocycles. The van der Waals surface area contributed by atoms with Gasteiger partial charge in [0.15, 0.2) is 0 Å². The van der Waals surface area contributed by atoms with Gasteiger partial charge in [0.05, 0.1) is 0 Å². The van der Waals surface area contributed by atoms with E-state index in [4.69, 9.17) is 0 Å². The molecule has 0 saturated heterocycles. The molecule has 0 fully saturated rings. The Morgan fingerprint density at radius 2 is 2.18 bits per heavy atom. The summed E-state index contributed by atoms with van der Waals surface area (Å²) >= 11 is 0. The Hall–Kier alpha value is -0.260. The van der Waals surface area contributed by atoms with E-state index in [2.05, 4.69) is 19.1 Å². The third kappa shape index (κ3) is 3.60.